The van der Waals surface area contributed by atoms with Crippen LogP contribution >= 0.6 is 11.6 Å². The lowest BCUT2D eigenvalue weighted by Crippen LogP contribution is -2.20. The average molecular weight is 374 g/mol. The maximum atomic E-state index is 12.8. The number of hydrogen-bond donors (Lipinski definition) is 0. The number of benzene rings is 1. The lowest BCUT2D eigenvalue weighted by atomic mass is 10.1. The zero-order valence-corrected chi connectivity index (χ0v) is 14.5. The number of hydrogen-bond acceptors (Lipinski definition) is 2. The molecule has 0 radical (unpaired) electrons. The van der Waals surface area contributed by atoms with Gasteiger partial charge in [0.15, 0.2) is 0 Å². The number of aromatic nitrogens is 1. The topological polar surface area (TPSA) is 31.2 Å². The molecule has 0 saturated carbocycles. The highest BCUT2D eigenvalue weighted by Gasteiger charge is 2.30. The van der Waals surface area contributed by atoms with Gasteiger partial charge in [-0.1, -0.05) is 31.4 Å². The van der Waals surface area contributed by atoms with E-state index in [1.807, 2.05) is 0 Å². The summed E-state index contributed by atoms with van der Waals surface area (Å²) in [5.41, 5.74) is -0.924. The van der Waals surface area contributed by atoms with Gasteiger partial charge in [-0.2, -0.15) is 13.2 Å². The largest absolute Gasteiger partial charge is 0.493 e. The molecule has 0 spiro atoms. The summed E-state index contributed by atoms with van der Waals surface area (Å²) in [6, 6.07) is 6.02. The average Bonchev–Trinajstić information content (AvgIpc) is 2.54. The molecule has 0 aliphatic heterocycles. The first kappa shape index (κ1) is 19.4. The summed E-state index contributed by atoms with van der Waals surface area (Å²) < 4.78 is 45.2. The smallest absolute Gasteiger partial charge is 0.416 e. The van der Waals surface area contributed by atoms with Gasteiger partial charge in [0.2, 0.25) is 0 Å². The molecular formula is C18H19ClF3NO2. The molecule has 7 heteroatoms. The van der Waals surface area contributed by atoms with Gasteiger partial charge in [-0.25, -0.2) is 0 Å². The fourth-order valence-corrected chi connectivity index (χ4v) is 2.49. The van der Waals surface area contributed by atoms with E-state index in [0.29, 0.717) is 12.4 Å². The van der Waals surface area contributed by atoms with E-state index in [4.69, 9.17) is 16.3 Å². The fraction of sp³-hybridized carbons (Fsp3) is 0.389. The summed E-state index contributed by atoms with van der Waals surface area (Å²) >= 11 is 5.97. The van der Waals surface area contributed by atoms with Crippen LogP contribution in [0.2, 0.25) is 5.02 Å². The first-order chi connectivity index (χ1) is 11.8. The quantitative estimate of drug-likeness (QED) is 0.629. The third-order valence-corrected chi connectivity index (χ3v) is 4.07. The monoisotopic (exact) mass is 373 g/mol. The Hall–Kier alpha value is -1.95. The molecule has 0 aliphatic rings. The van der Waals surface area contributed by atoms with Crippen molar-refractivity contribution in [1.82, 2.24) is 4.57 Å². The van der Waals surface area contributed by atoms with Gasteiger partial charge in [0.25, 0.3) is 5.56 Å². The van der Waals surface area contributed by atoms with Crippen LogP contribution in [0.4, 0.5) is 13.2 Å². The Morgan fingerprint density at radius 2 is 1.92 bits per heavy atom. The molecule has 2 rings (SSSR count). The second kappa shape index (κ2) is 8.43. The van der Waals surface area contributed by atoms with Gasteiger partial charge in [-0.15, -0.1) is 0 Å². The van der Waals surface area contributed by atoms with Crippen molar-refractivity contribution in [2.75, 3.05) is 6.61 Å². The van der Waals surface area contributed by atoms with Gasteiger partial charge in [0.1, 0.15) is 5.75 Å². The van der Waals surface area contributed by atoms with Crippen molar-refractivity contribution in [3.05, 3.63) is 63.0 Å². The molecule has 0 N–H and O–H groups in total. The summed E-state index contributed by atoms with van der Waals surface area (Å²) in [4.78, 5) is 12.1. The molecule has 0 fully saturated rings. The maximum absolute atomic E-state index is 12.8. The Balaban J connectivity index is 2.14. The lowest BCUT2D eigenvalue weighted by molar-refractivity contribution is -0.137. The van der Waals surface area contributed by atoms with Gasteiger partial charge in [-0.05, 0) is 36.2 Å². The molecule has 1 aromatic heterocycles. The van der Waals surface area contributed by atoms with E-state index in [9.17, 15) is 18.0 Å². The number of unbranched alkanes of at least 4 members (excludes halogenated alkanes) is 2. The van der Waals surface area contributed by atoms with Crippen LogP contribution in [0.1, 0.15) is 37.3 Å². The summed E-state index contributed by atoms with van der Waals surface area (Å²) in [6.07, 6.45) is 0.0573. The molecule has 1 heterocycles. The zero-order valence-electron chi connectivity index (χ0n) is 13.8. The van der Waals surface area contributed by atoms with Crippen LogP contribution in [0.5, 0.6) is 5.75 Å². The van der Waals surface area contributed by atoms with E-state index in [2.05, 4.69) is 6.92 Å². The van der Waals surface area contributed by atoms with E-state index in [-0.39, 0.29) is 22.7 Å². The van der Waals surface area contributed by atoms with Crippen molar-refractivity contribution in [2.24, 2.45) is 0 Å². The molecule has 0 unspecified atom stereocenters. The summed E-state index contributed by atoms with van der Waals surface area (Å²) in [6.45, 7) is 2.56. The minimum Gasteiger partial charge on any atom is -0.493 e. The second-order valence-electron chi connectivity index (χ2n) is 5.69. The third-order valence-electron chi connectivity index (χ3n) is 3.70. The van der Waals surface area contributed by atoms with E-state index < -0.39 is 11.7 Å². The molecule has 2 aromatic rings. The normalized spacial score (nSPS) is 11.6. The van der Waals surface area contributed by atoms with Crippen LogP contribution in [0, 0.1) is 0 Å². The van der Waals surface area contributed by atoms with Gasteiger partial charge >= 0.3 is 6.18 Å². The van der Waals surface area contributed by atoms with Crippen LogP contribution in [0.3, 0.4) is 0 Å². The van der Waals surface area contributed by atoms with Crippen LogP contribution in [0.25, 0.3) is 0 Å². The molecule has 0 aliphatic carbocycles. The summed E-state index contributed by atoms with van der Waals surface area (Å²) in [5.74, 6) is 0.451. The Bertz CT molecular complexity index is 772. The first-order valence-corrected chi connectivity index (χ1v) is 8.38. The highest BCUT2D eigenvalue weighted by molar-refractivity contribution is 6.31. The van der Waals surface area contributed by atoms with Crippen LogP contribution < -0.4 is 10.3 Å². The van der Waals surface area contributed by atoms with Gasteiger partial charge in [0.05, 0.1) is 18.7 Å². The van der Waals surface area contributed by atoms with Crippen molar-refractivity contribution in [3.63, 3.8) is 0 Å². The predicted molar refractivity (Wildman–Crippen MR) is 91.3 cm³/mol. The third kappa shape index (κ3) is 5.53. The SMILES string of the molecule is CCCCCOc1ccn(Cc2cc(C(F)(F)F)ccc2Cl)c(=O)c1. The standard InChI is InChI=1S/C18H19ClF3NO2/c1-2-3-4-9-25-15-7-8-23(17(24)11-15)12-13-10-14(18(20,21)22)5-6-16(13)19/h5-8,10-11H,2-4,9,12H2,1H3. The van der Waals surface area contributed by atoms with Crippen molar-refractivity contribution < 1.29 is 17.9 Å². The number of rotatable bonds is 7. The number of nitrogens with zero attached hydrogens (tertiary/aromatic N) is 1. The van der Waals surface area contributed by atoms with Crippen molar-refractivity contribution in [1.29, 1.82) is 0 Å². The van der Waals surface area contributed by atoms with Gasteiger partial charge in [0, 0.05) is 17.3 Å². The van der Waals surface area contributed by atoms with E-state index in [0.717, 1.165) is 31.4 Å². The molecule has 0 bridgehead atoms. The minimum atomic E-state index is -4.46. The minimum absolute atomic E-state index is 0.0439. The fourth-order valence-electron chi connectivity index (χ4n) is 2.31. The lowest BCUT2D eigenvalue weighted by Gasteiger charge is -2.12. The van der Waals surface area contributed by atoms with Crippen LogP contribution in [-0.4, -0.2) is 11.2 Å². The van der Waals surface area contributed by atoms with Crippen molar-refractivity contribution in [3.8, 4) is 5.75 Å². The van der Waals surface area contributed by atoms with Crippen molar-refractivity contribution in [2.45, 2.75) is 38.9 Å². The first-order valence-electron chi connectivity index (χ1n) is 8.00. The zero-order chi connectivity index (χ0) is 18.4. The Morgan fingerprint density at radius 1 is 1.16 bits per heavy atom. The molecule has 0 saturated heterocycles. The molecule has 25 heavy (non-hydrogen) atoms. The molecule has 0 atom stereocenters. The number of pyridine rings is 1. The van der Waals surface area contributed by atoms with E-state index in [1.54, 1.807) is 6.07 Å². The predicted octanol–water partition coefficient (Wildman–Crippen LogP) is 5.14. The second-order valence-corrected chi connectivity index (χ2v) is 6.10. The summed E-state index contributed by atoms with van der Waals surface area (Å²) in [7, 11) is 0. The van der Waals surface area contributed by atoms with Gasteiger partial charge in [-0.3, -0.25) is 4.79 Å². The molecule has 3 nitrogen and oxygen atoms in total. The molecule has 0 amide bonds. The van der Waals surface area contributed by atoms with Crippen LogP contribution in [0.15, 0.2) is 41.3 Å². The van der Waals surface area contributed by atoms with Crippen molar-refractivity contribution >= 4 is 11.6 Å². The number of halogens is 4. The number of ether oxygens (including phenoxy) is 1. The molecular weight excluding hydrogens is 355 g/mol. The Labute approximate surface area is 149 Å². The maximum Gasteiger partial charge on any atom is 0.416 e. The highest BCUT2D eigenvalue weighted by Crippen LogP contribution is 2.32. The summed E-state index contributed by atoms with van der Waals surface area (Å²) in [5, 5.41) is 0.180. The Kier molecular flexibility index (Phi) is 6.53. The highest BCUT2D eigenvalue weighted by atomic mass is 35.5. The molecule has 1 aromatic carbocycles. The number of alkyl halides is 3. The van der Waals surface area contributed by atoms with E-state index >= 15 is 0 Å². The van der Waals surface area contributed by atoms with Crippen LogP contribution in [-0.2, 0) is 12.7 Å². The Morgan fingerprint density at radius 3 is 2.56 bits per heavy atom. The van der Waals surface area contributed by atoms with Gasteiger partial charge < -0.3 is 9.30 Å². The molecule has 136 valence electrons. The van der Waals surface area contributed by atoms with E-state index in [1.165, 1.54) is 22.9 Å².